The topological polar surface area (TPSA) is 69.6 Å². The molecule has 2 heterocycles. The molecule has 0 atom stereocenters. The molecule has 0 fully saturated rings. The van der Waals surface area contributed by atoms with Gasteiger partial charge >= 0.3 is 0 Å². The first-order valence-corrected chi connectivity index (χ1v) is 7.78. The fourth-order valence-electron chi connectivity index (χ4n) is 2.85. The zero-order chi connectivity index (χ0) is 16.5. The van der Waals surface area contributed by atoms with Crippen LogP contribution in [0.1, 0.15) is 11.1 Å². The quantitative estimate of drug-likeness (QED) is 0.588. The molecule has 0 spiro atoms. The van der Waals surface area contributed by atoms with Gasteiger partial charge in [-0.15, -0.1) is 0 Å². The molecule has 2 N–H and O–H groups in total. The molecule has 4 aromatic rings. The fraction of sp³-hybridized carbons (Fsp3) is 0.105. The zero-order valence-electron chi connectivity index (χ0n) is 13.3. The Kier molecular flexibility index (Phi) is 3.46. The Morgan fingerprint density at radius 3 is 2.67 bits per heavy atom. The zero-order valence-corrected chi connectivity index (χ0v) is 13.3. The van der Waals surface area contributed by atoms with Crippen LogP contribution >= 0.6 is 0 Å². The van der Waals surface area contributed by atoms with Gasteiger partial charge in [-0.1, -0.05) is 42.0 Å². The summed E-state index contributed by atoms with van der Waals surface area (Å²) >= 11 is 0. The predicted molar refractivity (Wildman–Crippen MR) is 95.5 cm³/mol. The van der Waals surface area contributed by atoms with Crippen molar-refractivity contribution < 1.29 is 0 Å². The number of aromatic nitrogens is 4. The Hall–Kier alpha value is -3.21. The van der Waals surface area contributed by atoms with Crippen molar-refractivity contribution >= 4 is 16.9 Å². The summed E-state index contributed by atoms with van der Waals surface area (Å²) in [6.45, 7) is 2.76. The van der Waals surface area contributed by atoms with Crippen LogP contribution in [0.5, 0.6) is 0 Å². The normalized spacial score (nSPS) is 11.0. The second-order valence-electron chi connectivity index (χ2n) is 5.84. The summed E-state index contributed by atoms with van der Waals surface area (Å²) < 4.78 is 2.03. The third kappa shape index (κ3) is 2.50. The molecule has 5 heteroatoms. The molecule has 2 aromatic heterocycles. The van der Waals surface area contributed by atoms with E-state index in [1.54, 1.807) is 6.33 Å². The third-order valence-electron chi connectivity index (χ3n) is 4.06. The van der Waals surface area contributed by atoms with E-state index in [2.05, 4.69) is 27.1 Å². The Balaban J connectivity index is 1.83. The molecule has 5 nitrogen and oxygen atoms in total. The van der Waals surface area contributed by atoms with Crippen LogP contribution in [-0.4, -0.2) is 19.5 Å². The minimum absolute atomic E-state index is 0.693. The highest BCUT2D eigenvalue weighted by molar-refractivity contribution is 5.91. The fourth-order valence-corrected chi connectivity index (χ4v) is 2.85. The Bertz CT molecular complexity index is 1000. The number of imidazole rings is 1. The number of hydrogen-bond donors (Lipinski definition) is 1. The maximum absolute atomic E-state index is 6.15. The smallest absolute Gasteiger partial charge is 0.164 e. The van der Waals surface area contributed by atoms with Crippen molar-refractivity contribution in [2.45, 2.75) is 13.5 Å². The van der Waals surface area contributed by atoms with Crippen molar-refractivity contribution in [3.63, 3.8) is 0 Å². The first-order valence-electron chi connectivity index (χ1n) is 7.78. The lowest BCUT2D eigenvalue weighted by Gasteiger charge is -2.07. The average Bonchev–Trinajstić information content (AvgIpc) is 3.01. The Morgan fingerprint density at radius 2 is 1.83 bits per heavy atom. The standard InChI is InChI=1S/C19H17N5/c1-13-7-8-16(20)15(9-13)17-18-19(22-11-21-17)24(12-23-18)10-14-5-3-2-4-6-14/h2-9,11-12H,10,20H2,1H3. The number of fused-ring (bicyclic) bond motifs is 1. The van der Waals surface area contributed by atoms with Crippen molar-refractivity contribution in [1.29, 1.82) is 0 Å². The number of nitrogens with two attached hydrogens (primary N) is 1. The van der Waals surface area contributed by atoms with Gasteiger partial charge in [-0.25, -0.2) is 15.0 Å². The molecule has 118 valence electrons. The maximum atomic E-state index is 6.15. The van der Waals surface area contributed by atoms with Gasteiger partial charge in [-0.2, -0.15) is 0 Å². The summed E-state index contributed by atoms with van der Waals surface area (Å²) in [5.74, 6) is 0. The van der Waals surface area contributed by atoms with Gasteiger partial charge in [0, 0.05) is 11.3 Å². The van der Waals surface area contributed by atoms with Gasteiger partial charge in [0.2, 0.25) is 0 Å². The van der Waals surface area contributed by atoms with Crippen molar-refractivity contribution in [2.24, 2.45) is 0 Å². The number of nitrogens with zero attached hydrogens (tertiary/aromatic N) is 4. The molecular formula is C19H17N5. The lowest BCUT2D eigenvalue weighted by atomic mass is 10.1. The lowest BCUT2D eigenvalue weighted by Crippen LogP contribution is -2.00. The highest BCUT2D eigenvalue weighted by Crippen LogP contribution is 2.29. The van der Waals surface area contributed by atoms with Gasteiger partial charge < -0.3 is 10.3 Å². The van der Waals surface area contributed by atoms with E-state index in [9.17, 15) is 0 Å². The monoisotopic (exact) mass is 315 g/mol. The van der Waals surface area contributed by atoms with Gasteiger partial charge in [0.15, 0.2) is 5.65 Å². The molecule has 0 aliphatic carbocycles. The van der Waals surface area contributed by atoms with E-state index in [-0.39, 0.29) is 0 Å². The molecule has 0 radical (unpaired) electrons. The number of hydrogen-bond acceptors (Lipinski definition) is 4. The van der Waals surface area contributed by atoms with Gasteiger partial charge in [-0.3, -0.25) is 0 Å². The van der Waals surface area contributed by atoms with Crippen molar-refractivity contribution in [3.8, 4) is 11.3 Å². The summed E-state index contributed by atoms with van der Waals surface area (Å²) in [6.07, 6.45) is 3.38. The average molecular weight is 315 g/mol. The molecule has 0 bridgehead atoms. The summed E-state index contributed by atoms with van der Waals surface area (Å²) in [5.41, 5.74) is 12.4. The minimum Gasteiger partial charge on any atom is -0.398 e. The first-order chi connectivity index (χ1) is 11.7. The van der Waals surface area contributed by atoms with E-state index in [0.717, 1.165) is 34.5 Å². The van der Waals surface area contributed by atoms with Crippen molar-refractivity contribution in [1.82, 2.24) is 19.5 Å². The molecule has 2 aromatic carbocycles. The number of anilines is 1. The number of aryl methyl sites for hydroxylation is 1. The summed E-state index contributed by atoms with van der Waals surface area (Å²) in [5, 5.41) is 0. The minimum atomic E-state index is 0.693. The van der Waals surface area contributed by atoms with Crippen molar-refractivity contribution in [3.05, 3.63) is 72.3 Å². The molecule has 0 aliphatic rings. The Morgan fingerprint density at radius 1 is 1.00 bits per heavy atom. The molecule has 0 saturated carbocycles. The summed E-state index contributed by atoms with van der Waals surface area (Å²) in [7, 11) is 0. The number of rotatable bonds is 3. The van der Waals surface area contributed by atoms with Crippen LogP contribution in [0.4, 0.5) is 5.69 Å². The van der Waals surface area contributed by atoms with Gasteiger partial charge in [-0.05, 0) is 24.6 Å². The Labute approximate surface area is 139 Å². The second-order valence-corrected chi connectivity index (χ2v) is 5.84. The van der Waals surface area contributed by atoms with Crippen LogP contribution in [0.2, 0.25) is 0 Å². The van der Waals surface area contributed by atoms with Crippen LogP contribution in [0.3, 0.4) is 0 Å². The van der Waals surface area contributed by atoms with Crippen LogP contribution in [0.25, 0.3) is 22.4 Å². The van der Waals surface area contributed by atoms with E-state index < -0.39 is 0 Å². The van der Waals surface area contributed by atoms with E-state index >= 15 is 0 Å². The summed E-state index contributed by atoms with van der Waals surface area (Å²) in [4.78, 5) is 13.4. The highest BCUT2D eigenvalue weighted by atomic mass is 15.1. The molecule has 0 amide bonds. The molecular weight excluding hydrogens is 298 g/mol. The number of benzene rings is 2. The molecule has 0 saturated heterocycles. The first kappa shape index (κ1) is 14.4. The maximum Gasteiger partial charge on any atom is 0.164 e. The second kappa shape index (κ2) is 5.77. The van der Waals surface area contributed by atoms with Gasteiger partial charge in [0.05, 0.1) is 12.9 Å². The van der Waals surface area contributed by atoms with Crippen LogP contribution in [0, 0.1) is 6.92 Å². The van der Waals surface area contributed by atoms with Crippen LogP contribution in [-0.2, 0) is 6.54 Å². The highest BCUT2D eigenvalue weighted by Gasteiger charge is 2.14. The van der Waals surface area contributed by atoms with Crippen LogP contribution < -0.4 is 5.73 Å². The molecule has 0 aliphatic heterocycles. The molecule has 4 rings (SSSR count). The van der Waals surface area contributed by atoms with E-state index in [0.29, 0.717) is 5.69 Å². The van der Waals surface area contributed by atoms with E-state index in [4.69, 9.17) is 5.73 Å². The largest absolute Gasteiger partial charge is 0.398 e. The van der Waals surface area contributed by atoms with Gasteiger partial charge in [0.25, 0.3) is 0 Å². The summed E-state index contributed by atoms with van der Waals surface area (Å²) in [6, 6.07) is 16.2. The predicted octanol–water partition coefficient (Wildman–Crippen LogP) is 3.43. The number of nitrogen functional groups attached to an aromatic ring is 1. The van der Waals surface area contributed by atoms with E-state index in [1.165, 1.54) is 5.56 Å². The third-order valence-corrected chi connectivity index (χ3v) is 4.06. The van der Waals surface area contributed by atoms with Crippen LogP contribution in [0.15, 0.2) is 61.2 Å². The van der Waals surface area contributed by atoms with Crippen molar-refractivity contribution in [2.75, 3.05) is 5.73 Å². The lowest BCUT2D eigenvalue weighted by molar-refractivity contribution is 0.813. The van der Waals surface area contributed by atoms with E-state index in [1.807, 2.05) is 54.2 Å². The van der Waals surface area contributed by atoms with Gasteiger partial charge in [0.1, 0.15) is 17.5 Å². The molecule has 24 heavy (non-hydrogen) atoms. The SMILES string of the molecule is Cc1ccc(N)c(-c2ncnc3c2ncn3Cc2ccccc2)c1. The molecule has 0 unspecified atom stereocenters.